The van der Waals surface area contributed by atoms with Gasteiger partial charge >= 0.3 is 0 Å². The molecule has 1 amide bonds. The van der Waals surface area contributed by atoms with Crippen molar-refractivity contribution in [2.75, 3.05) is 54.1 Å². The van der Waals surface area contributed by atoms with Crippen LogP contribution in [0.2, 0.25) is 0 Å². The Kier molecular flexibility index (Phi) is 13.6. The smallest absolute Gasteiger partial charge is 0.225 e. The molecule has 0 aliphatic carbocycles. The number of likely N-dealkylation sites (tertiary alicyclic amines) is 1. The van der Waals surface area contributed by atoms with Gasteiger partial charge in [0.15, 0.2) is 6.29 Å². The molecule has 0 bridgehead atoms. The SMILES string of the molecule is CCCCC(C)N(CC(OC)OC)C(=O)CCOCCCc1ccc(O)c(C2(c3ccccc3)CCN(C)CC2)c1. The molecule has 0 spiro atoms. The van der Waals surface area contributed by atoms with Crippen LogP contribution in [0.3, 0.4) is 0 Å². The number of carbonyl (C=O) groups excluding carboxylic acids is 1. The first-order chi connectivity index (χ1) is 19.8. The van der Waals surface area contributed by atoms with Gasteiger partial charge in [-0.15, -0.1) is 0 Å². The second kappa shape index (κ2) is 16.9. The summed E-state index contributed by atoms with van der Waals surface area (Å²) in [6, 6.07) is 16.8. The van der Waals surface area contributed by atoms with Crippen LogP contribution in [0, 0.1) is 0 Å². The van der Waals surface area contributed by atoms with E-state index in [0.717, 1.165) is 63.6 Å². The van der Waals surface area contributed by atoms with Crippen molar-refractivity contribution in [2.24, 2.45) is 0 Å². The lowest BCUT2D eigenvalue weighted by Crippen LogP contribution is -2.44. The van der Waals surface area contributed by atoms with E-state index >= 15 is 0 Å². The monoisotopic (exact) mass is 568 g/mol. The summed E-state index contributed by atoms with van der Waals surface area (Å²) in [4.78, 5) is 17.3. The van der Waals surface area contributed by atoms with E-state index in [9.17, 15) is 9.90 Å². The Labute approximate surface area is 247 Å². The highest BCUT2D eigenvalue weighted by Crippen LogP contribution is 2.45. The van der Waals surface area contributed by atoms with E-state index in [1.807, 2.05) is 17.0 Å². The summed E-state index contributed by atoms with van der Waals surface area (Å²) < 4.78 is 16.6. The highest BCUT2D eigenvalue weighted by atomic mass is 16.7. The fourth-order valence-corrected chi connectivity index (χ4v) is 5.97. The van der Waals surface area contributed by atoms with Gasteiger partial charge in [-0.3, -0.25) is 4.79 Å². The molecule has 1 N–H and O–H groups in total. The van der Waals surface area contributed by atoms with E-state index < -0.39 is 6.29 Å². The molecule has 0 saturated carbocycles. The number of ether oxygens (including phenoxy) is 3. The number of unbranched alkanes of at least 4 members (excludes halogenated alkanes) is 1. The molecule has 1 atom stereocenters. The van der Waals surface area contributed by atoms with Crippen LogP contribution in [0.4, 0.5) is 0 Å². The highest BCUT2D eigenvalue weighted by Gasteiger charge is 2.39. The molecule has 1 heterocycles. The molecule has 1 aliphatic rings. The van der Waals surface area contributed by atoms with Crippen LogP contribution in [0.25, 0.3) is 0 Å². The normalized spacial score (nSPS) is 16.1. The number of piperidine rings is 1. The van der Waals surface area contributed by atoms with Gasteiger partial charge in [-0.05, 0) is 76.4 Å². The number of aryl methyl sites for hydroxylation is 1. The Bertz CT molecular complexity index is 1030. The van der Waals surface area contributed by atoms with Crippen molar-refractivity contribution in [3.63, 3.8) is 0 Å². The average molecular weight is 569 g/mol. The quantitative estimate of drug-likeness (QED) is 0.193. The van der Waals surface area contributed by atoms with E-state index in [1.165, 1.54) is 11.1 Å². The predicted octanol–water partition coefficient (Wildman–Crippen LogP) is 5.77. The number of hydrogen-bond acceptors (Lipinski definition) is 6. The molecular formula is C34H52N2O5. The standard InChI is InChI=1S/C34H52N2O5/c1-6-7-12-27(2)36(26-33(39-4)40-5)32(38)18-24-41-23-11-13-28-16-17-31(37)30(25-28)34(19-21-35(3)22-20-34)29-14-9-8-10-15-29/h8-10,14-17,25,27,33,37H,6-7,11-13,18-24,26H2,1-5H3. The topological polar surface area (TPSA) is 71.5 Å². The number of aromatic hydroxyl groups is 1. The van der Waals surface area contributed by atoms with E-state index in [1.54, 1.807) is 14.2 Å². The van der Waals surface area contributed by atoms with Gasteiger partial charge in [0, 0.05) is 37.8 Å². The summed E-state index contributed by atoms with van der Waals surface area (Å²) in [6.45, 7) is 7.65. The number of amides is 1. The highest BCUT2D eigenvalue weighted by molar-refractivity contribution is 5.76. The summed E-state index contributed by atoms with van der Waals surface area (Å²) in [7, 11) is 5.37. The maximum atomic E-state index is 13.1. The lowest BCUT2D eigenvalue weighted by atomic mass is 9.67. The molecule has 41 heavy (non-hydrogen) atoms. The van der Waals surface area contributed by atoms with Gasteiger partial charge in [0.1, 0.15) is 5.75 Å². The van der Waals surface area contributed by atoms with Crippen LogP contribution in [0.15, 0.2) is 48.5 Å². The van der Waals surface area contributed by atoms with Crippen LogP contribution in [0.1, 0.15) is 75.5 Å². The molecule has 2 aromatic carbocycles. The van der Waals surface area contributed by atoms with Crippen molar-refractivity contribution < 1.29 is 24.1 Å². The largest absolute Gasteiger partial charge is 0.508 e. The number of methoxy groups -OCH3 is 2. The van der Waals surface area contributed by atoms with Crippen LogP contribution in [0.5, 0.6) is 5.75 Å². The molecule has 228 valence electrons. The predicted molar refractivity (Wildman–Crippen MR) is 164 cm³/mol. The van der Waals surface area contributed by atoms with Crippen LogP contribution in [-0.2, 0) is 30.8 Å². The van der Waals surface area contributed by atoms with E-state index in [2.05, 4.69) is 62.2 Å². The average Bonchev–Trinajstić information content (AvgIpc) is 3.00. The molecular weight excluding hydrogens is 516 g/mol. The summed E-state index contributed by atoms with van der Waals surface area (Å²) in [6.07, 6.45) is 6.70. The fraction of sp³-hybridized carbons (Fsp3) is 0.618. The number of nitrogens with zero attached hydrogens (tertiary/aromatic N) is 2. The molecule has 1 unspecified atom stereocenters. The van der Waals surface area contributed by atoms with Gasteiger partial charge in [0.05, 0.1) is 19.6 Å². The first-order valence-electron chi connectivity index (χ1n) is 15.3. The number of benzene rings is 2. The Hall–Kier alpha value is -2.45. The maximum Gasteiger partial charge on any atom is 0.225 e. The third-order valence-electron chi connectivity index (χ3n) is 8.66. The maximum absolute atomic E-state index is 13.1. The zero-order valence-corrected chi connectivity index (χ0v) is 25.9. The van der Waals surface area contributed by atoms with Crippen molar-refractivity contribution in [3.05, 3.63) is 65.2 Å². The lowest BCUT2D eigenvalue weighted by Gasteiger charge is -2.42. The molecule has 2 aromatic rings. The van der Waals surface area contributed by atoms with Gasteiger partial charge in [-0.2, -0.15) is 0 Å². The first-order valence-corrected chi connectivity index (χ1v) is 15.3. The van der Waals surface area contributed by atoms with Crippen molar-refractivity contribution in [2.45, 2.75) is 83.0 Å². The summed E-state index contributed by atoms with van der Waals surface area (Å²) in [5.74, 6) is 0.444. The molecule has 3 rings (SSSR count). The Morgan fingerprint density at radius 3 is 2.41 bits per heavy atom. The van der Waals surface area contributed by atoms with Crippen molar-refractivity contribution in [1.82, 2.24) is 9.80 Å². The zero-order valence-electron chi connectivity index (χ0n) is 25.9. The molecule has 7 heteroatoms. The summed E-state index contributed by atoms with van der Waals surface area (Å²) in [5, 5.41) is 11.0. The number of rotatable bonds is 17. The van der Waals surface area contributed by atoms with E-state index in [4.69, 9.17) is 14.2 Å². The molecule has 1 aliphatic heterocycles. The third kappa shape index (κ3) is 9.27. The van der Waals surface area contributed by atoms with Gasteiger partial charge in [-0.1, -0.05) is 62.2 Å². The number of hydrogen-bond donors (Lipinski definition) is 1. The molecule has 0 aromatic heterocycles. The minimum Gasteiger partial charge on any atom is -0.508 e. The zero-order chi connectivity index (χ0) is 29.7. The lowest BCUT2D eigenvalue weighted by molar-refractivity contribution is -0.150. The Morgan fingerprint density at radius 2 is 1.76 bits per heavy atom. The van der Waals surface area contributed by atoms with E-state index in [-0.39, 0.29) is 17.4 Å². The molecule has 0 radical (unpaired) electrons. The number of phenols is 1. The Morgan fingerprint density at radius 1 is 1.05 bits per heavy atom. The minimum atomic E-state index is -0.435. The molecule has 1 saturated heterocycles. The van der Waals surface area contributed by atoms with Crippen LogP contribution < -0.4 is 0 Å². The third-order valence-corrected chi connectivity index (χ3v) is 8.66. The summed E-state index contributed by atoms with van der Waals surface area (Å²) in [5.41, 5.74) is 3.32. The van der Waals surface area contributed by atoms with Crippen LogP contribution in [-0.4, -0.2) is 87.3 Å². The van der Waals surface area contributed by atoms with Gasteiger partial charge < -0.3 is 29.1 Å². The van der Waals surface area contributed by atoms with Gasteiger partial charge in [0.2, 0.25) is 5.91 Å². The van der Waals surface area contributed by atoms with Crippen LogP contribution >= 0.6 is 0 Å². The van der Waals surface area contributed by atoms with Gasteiger partial charge in [-0.25, -0.2) is 0 Å². The Balaban J connectivity index is 1.55. The minimum absolute atomic E-state index is 0.0696. The second-order valence-electron chi connectivity index (χ2n) is 11.5. The van der Waals surface area contributed by atoms with Crippen molar-refractivity contribution >= 4 is 5.91 Å². The molecule has 7 nitrogen and oxygen atoms in total. The number of carbonyl (C=O) groups is 1. The number of phenolic OH excluding ortho intramolecular Hbond substituents is 1. The first kappa shape index (κ1) is 33.1. The molecule has 1 fully saturated rings. The van der Waals surface area contributed by atoms with Crippen molar-refractivity contribution in [3.8, 4) is 5.75 Å². The second-order valence-corrected chi connectivity index (χ2v) is 11.5. The van der Waals surface area contributed by atoms with Crippen molar-refractivity contribution in [1.29, 1.82) is 0 Å². The van der Waals surface area contributed by atoms with E-state index in [0.29, 0.717) is 31.9 Å². The summed E-state index contributed by atoms with van der Waals surface area (Å²) >= 11 is 0. The van der Waals surface area contributed by atoms with Gasteiger partial charge in [0.25, 0.3) is 0 Å². The fourth-order valence-electron chi connectivity index (χ4n) is 5.97.